The maximum Gasteiger partial charge on any atom is 0.358 e. The van der Waals surface area contributed by atoms with Crippen LogP contribution in [0.5, 0.6) is 0 Å². The number of hydrogen-bond donors (Lipinski definition) is 0. The van der Waals surface area contributed by atoms with Gasteiger partial charge in [0.1, 0.15) is 9.88 Å². The predicted molar refractivity (Wildman–Crippen MR) is 69.9 cm³/mol. The van der Waals surface area contributed by atoms with Gasteiger partial charge in [-0.3, -0.25) is 4.79 Å². The van der Waals surface area contributed by atoms with Crippen molar-refractivity contribution < 1.29 is 14.3 Å². The number of carbonyl (C=O) groups is 2. The van der Waals surface area contributed by atoms with E-state index < -0.39 is 5.97 Å². The van der Waals surface area contributed by atoms with Gasteiger partial charge >= 0.3 is 5.97 Å². The zero-order chi connectivity index (χ0) is 13.0. The van der Waals surface area contributed by atoms with E-state index >= 15 is 0 Å². The second-order valence-electron chi connectivity index (χ2n) is 3.69. The highest BCUT2D eigenvalue weighted by molar-refractivity contribution is 7.99. The van der Waals surface area contributed by atoms with Gasteiger partial charge in [-0.2, -0.15) is 11.8 Å². The van der Waals surface area contributed by atoms with Crippen molar-refractivity contribution in [2.75, 3.05) is 7.11 Å². The molecule has 0 saturated heterocycles. The lowest BCUT2D eigenvalue weighted by molar-refractivity contribution is 0.0591. The number of carbonyl (C=O) groups excluding carboxylic acids is 2. The molecule has 1 aromatic rings. The molecule has 0 atom stereocenters. The van der Waals surface area contributed by atoms with Crippen LogP contribution in [-0.4, -0.2) is 29.1 Å². The molecule has 1 aromatic heterocycles. The van der Waals surface area contributed by atoms with Gasteiger partial charge in [0.2, 0.25) is 0 Å². The lowest BCUT2D eigenvalue weighted by atomic mass is 10.3. The summed E-state index contributed by atoms with van der Waals surface area (Å²) in [6.07, 6.45) is 0. The first kappa shape index (κ1) is 14.2. The Morgan fingerprint density at radius 1 is 1.47 bits per heavy atom. The van der Waals surface area contributed by atoms with Crippen molar-refractivity contribution in [2.24, 2.45) is 0 Å². The SMILES string of the molecule is COC(=O)c1nc(CSC(C)C)sc1C(C)=O. The van der Waals surface area contributed by atoms with E-state index in [9.17, 15) is 9.59 Å². The number of aromatic nitrogens is 1. The molecule has 0 bridgehead atoms. The van der Waals surface area contributed by atoms with Gasteiger partial charge in [0.15, 0.2) is 11.5 Å². The van der Waals surface area contributed by atoms with Crippen LogP contribution in [0.3, 0.4) is 0 Å². The van der Waals surface area contributed by atoms with E-state index in [0.29, 0.717) is 15.9 Å². The zero-order valence-corrected chi connectivity index (χ0v) is 11.9. The van der Waals surface area contributed by atoms with E-state index in [4.69, 9.17) is 0 Å². The summed E-state index contributed by atoms with van der Waals surface area (Å²) in [5.41, 5.74) is 0.143. The van der Waals surface area contributed by atoms with Gasteiger partial charge in [0.05, 0.1) is 7.11 Å². The van der Waals surface area contributed by atoms with Crippen LogP contribution in [0.1, 0.15) is 45.9 Å². The van der Waals surface area contributed by atoms with E-state index in [1.165, 1.54) is 25.4 Å². The van der Waals surface area contributed by atoms with E-state index in [1.807, 2.05) is 0 Å². The van der Waals surface area contributed by atoms with Crippen molar-refractivity contribution in [3.05, 3.63) is 15.6 Å². The van der Waals surface area contributed by atoms with Gasteiger partial charge in [0, 0.05) is 12.7 Å². The Balaban J connectivity index is 2.96. The summed E-state index contributed by atoms with van der Waals surface area (Å²) in [5.74, 6) is 0.00974. The molecule has 0 unspecified atom stereocenters. The average molecular weight is 273 g/mol. The number of nitrogens with zero attached hydrogens (tertiary/aromatic N) is 1. The third-order valence-corrected chi connectivity index (χ3v) is 4.36. The zero-order valence-electron chi connectivity index (χ0n) is 10.3. The molecule has 0 aliphatic heterocycles. The van der Waals surface area contributed by atoms with Crippen LogP contribution in [-0.2, 0) is 10.5 Å². The molecule has 0 N–H and O–H groups in total. The number of methoxy groups -OCH3 is 1. The fraction of sp³-hybridized carbons (Fsp3) is 0.545. The van der Waals surface area contributed by atoms with Gasteiger partial charge in [-0.05, 0) is 5.25 Å². The highest BCUT2D eigenvalue weighted by Crippen LogP contribution is 2.25. The van der Waals surface area contributed by atoms with Crippen LogP contribution in [0.25, 0.3) is 0 Å². The van der Waals surface area contributed by atoms with Crippen molar-refractivity contribution in [2.45, 2.75) is 31.8 Å². The number of thiazole rings is 1. The number of Topliss-reactive ketones (excluding diaryl/α,β-unsaturated/α-hetero) is 1. The smallest absolute Gasteiger partial charge is 0.358 e. The Hall–Kier alpha value is -0.880. The molecule has 0 aliphatic rings. The highest BCUT2D eigenvalue weighted by atomic mass is 32.2. The topological polar surface area (TPSA) is 56.3 Å². The number of ether oxygens (including phenoxy) is 1. The van der Waals surface area contributed by atoms with Crippen molar-refractivity contribution in [1.82, 2.24) is 4.98 Å². The van der Waals surface area contributed by atoms with Crippen LogP contribution in [0.4, 0.5) is 0 Å². The lowest BCUT2D eigenvalue weighted by Gasteiger charge is -2.00. The van der Waals surface area contributed by atoms with Gasteiger partial charge in [0.25, 0.3) is 0 Å². The van der Waals surface area contributed by atoms with Crippen molar-refractivity contribution in [3.8, 4) is 0 Å². The molecule has 0 aliphatic carbocycles. The minimum atomic E-state index is -0.549. The van der Waals surface area contributed by atoms with Gasteiger partial charge < -0.3 is 4.74 Å². The summed E-state index contributed by atoms with van der Waals surface area (Å²) < 4.78 is 4.61. The fourth-order valence-corrected chi connectivity index (χ4v) is 2.86. The van der Waals surface area contributed by atoms with Gasteiger partial charge in [-0.25, -0.2) is 9.78 Å². The molecule has 4 nitrogen and oxygen atoms in total. The molecule has 0 aromatic carbocycles. The number of hydrogen-bond acceptors (Lipinski definition) is 6. The molecule has 0 saturated carbocycles. The van der Waals surface area contributed by atoms with Crippen LogP contribution < -0.4 is 0 Å². The first-order valence-electron chi connectivity index (χ1n) is 5.16. The van der Waals surface area contributed by atoms with Crippen LogP contribution >= 0.6 is 23.1 Å². The Morgan fingerprint density at radius 2 is 2.12 bits per heavy atom. The monoisotopic (exact) mass is 273 g/mol. The van der Waals surface area contributed by atoms with E-state index in [1.54, 1.807) is 11.8 Å². The van der Waals surface area contributed by atoms with Crippen molar-refractivity contribution >= 4 is 34.9 Å². The molecule has 6 heteroatoms. The van der Waals surface area contributed by atoms with Crippen LogP contribution in [0.2, 0.25) is 0 Å². The minimum absolute atomic E-state index is 0.143. The van der Waals surface area contributed by atoms with Crippen molar-refractivity contribution in [1.29, 1.82) is 0 Å². The van der Waals surface area contributed by atoms with E-state index in [-0.39, 0.29) is 11.5 Å². The predicted octanol–water partition coefficient (Wildman–Crippen LogP) is 2.77. The van der Waals surface area contributed by atoms with Gasteiger partial charge in [-0.1, -0.05) is 13.8 Å². The Labute approximate surface area is 109 Å². The van der Waals surface area contributed by atoms with E-state index in [0.717, 1.165) is 5.01 Å². The molecular weight excluding hydrogens is 258 g/mol. The number of ketones is 1. The summed E-state index contributed by atoms with van der Waals surface area (Å²) in [6, 6.07) is 0. The average Bonchev–Trinajstić information content (AvgIpc) is 2.69. The molecule has 1 rings (SSSR count). The molecule has 0 fully saturated rings. The first-order valence-corrected chi connectivity index (χ1v) is 7.02. The summed E-state index contributed by atoms with van der Waals surface area (Å²) in [4.78, 5) is 27.4. The lowest BCUT2D eigenvalue weighted by Crippen LogP contribution is -2.07. The molecular formula is C11H15NO3S2. The Bertz CT molecular complexity index is 426. The number of rotatable bonds is 5. The Kier molecular flexibility index (Phi) is 5.14. The van der Waals surface area contributed by atoms with E-state index in [2.05, 4.69) is 23.6 Å². The first-order chi connectivity index (χ1) is 7.95. The van der Waals surface area contributed by atoms with Crippen molar-refractivity contribution in [3.63, 3.8) is 0 Å². The molecule has 94 valence electrons. The standard InChI is InChI=1S/C11H15NO3S2/c1-6(2)16-5-8-12-9(11(14)15-4)10(17-8)7(3)13/h6H,5H2,1-4H3. The quantitative estimate of drug-likeness (QED) is 0.610. The fourth-order valence-electron chi connectivity index (χ4n) is 1.14. The maximum absolute atomic E-state index is 11.5. The second kappa shape index (κ2) is 6.16. The molecule has 0 amide bonds. The third kappa shape index (κ3) is 3.81. The highest BCUT2D eigenvalue weighted by Gasteiger charge is 2.21. The summed E-state index contributed by atoms with van der Waals surface area (Å²) in [5, 5.41) is 1.27. The third-order valence-electron chi connectivity index (χ3n) is 1.91. The van der Waals surface area contributed by atoms with Crippen LogP contribution in [0, 0.1) is 0 Å². The number of thioether (sulfide) groups is 1. The minimum Gasteiger partial charge on any atom is -0.464 e. The van der Waals surface area contributed by atoms with Gasteiger partial charge in [-0.15, -0.1) is 11.3 Å². The summed E-state index contributed by atoms with van der Waals surface area (Å²) >= 11 is 2.99. The summed E-state index contributed by atoms with van der Waals surface area (Å²) in [6.45, 7) is 5.61. The maximum atomic E-state index is 11.5. The van der Waals surface area contributed by atoms with Crippen LogP contribution in [0.15, 0.2) is 0 Å². The number of esters is 1. The summed E-state index contributed by atoms with van der Waals surface area (Å²) in [7, 11) is 1.29. The Morgan fingerprint density at radius 3 is 2.59 bits per heavy atom. The molecule has 0 spiro atoms. The largest absolute Gasteiger partial charge is 0.464 e. The normalized spacial score (nSPS) is 10.6. The second-order valence-corrected chi connectivity index (χ2v) is 6.34. The molecule has 17 heavy (non-hydrogen) atoms. The molecule has 1 heterocycles. The molecule has 0 radical (unpaired) electrons.